The number of aromatic nitrogens is 8. The number of anilines is 1. The van der Waals surface area contributed by atoms with Crippen LogP contribution in [0.1, 0.15) is 286 Å². The van der Waals surface area contributed by atoms with Gasteiger partial charge in [-0.15, -0.1) is 35.8 Å². The first-order valence-electron chi connectivity index (χ1n) is 45.3. The molecule has 13 aromatic rings. The predicted octanol–water partition coefficient (Wildman–Crippen LogP) is 27.5. The van der Waals surface area contributed by atoms with Gasteiger partial charge in [-0.1, -0.05) is 258 Å². The number of hydrogen-bond donors (Lipinski definition) is 2. The summed E-state index contributed by atoms with van der Waals surface area (Å²) in [4.78, 5) is 35.5. The van der Waals surface area contributed by atoms with Gasteiger partial charge in [0.15, 0.2) is 0 Å². The third-order valence-corrected chi connectivity index (χ3v) is 23.2. The van der Waals surface area contributed by atoms with E-state index >= 15 is 0 Å². The zero-order valence-corrected chi connectivity index (χ0v) is 82.5. The van der Waals surface area contributed by atoms with Crippen molar-refractivity contribution in [1.29, 1.82) is 0 Å². The standard InChI is InChI=1S/C15H20N2O.C13H16N2.C13H15NOS.C12H16F2.C12H18N2.C12H13NOS.C11H17N.C10H11F3O.C10H16N2/c1-11(2)14-7-5-13(6-8-14)10-17-15(18-4)12(3)9-16-17;1-11(2)13-6-4-12(5-7-13)10-15-9-3-8-14-15;1-10(2)11-7-12(16-9-11)8-14-6-4-3-5-13(14)15;1-9(2)11-7-5-4-6-10(11)8-12(3,13)14;1-10(2)11-5-6-12(13-9-11)14-7-3-4-8-14;1-9(2)10-7-12(15-8-10)13-6-4-3-5-11(13)14;1-9(2)11-7-5-4-6-10(11)8-12-3;1-7(2)8-5-3-4-6-9(8)14-10(11,12)13;1-8(2)9-4-5-12-10(6-9)7-11-3/h5-9,11H,10H2,1-4H3;3-9,11H,10H2,1-2H3;3-7,9-10H,8H2,1-2H3;4-7,9H,8H2,1-3H3;5-6,9-10H,3-4,7-8H2,1-2H3;3-9H,1-2H3;4-7,9,12H,8H2,1-3H3;3-7H,1-2H3;4-6,8,11H,7H2,1-3H3. The molecule has 1 aliphatic heterocycles. The quantitative estimate of drug-likeness (QED) is 0.0526. The van der Waals surface area contributed by atoms with Crippen LogP contribution in [0, 0.1) is 6.92 Å². The maximum absolute atomic E-state index is 12.9. The molecule has 2 N–H and O–H groups in total. The molecule has 0 aliphatic carbocycles. The monoisotopic (exact) mass is 1820 g/mol. The number of hydrogen-bond acceptors (Lipinski definition) is 13. The molecule has 9 heterocycles. The van der Waals surface area contributed by atoms with Gasteiger partial charge in [0.05, 0.1) is 38.6 Å². The van der Waals surface area contributed by atoms with E-state index in [-0.39, 0.29) is 29.2 Å². The van der Waals surface area contributed by atoms with Gasteiger partial charge in [-0.05, 0) is 232 Å². The molecule has 5 aromatic carbocycles. The first kappa shape index (κ1) is 108. The number of thiophene rings is 2. The maximum atomic E-state index is 12.9. The number of nitrogens with zero attached hydrogens (tertiary/aromatic N) is 9. The second kappa shape index (κ2) is 55.3. The molecule has 14 rings (SSSR count). The highest BCUT2D eigenvalue weighted by Gasteiger charge is 2.32. The van der Waals surface area contributed by atoms with E-state index in [2.05, 4.69) is 257 Å². The Labute approximate surface area is 779 Å². The lowest BCUT2D eigenvalue weighted by Crippen LogP contribution is -2.18. The van der Waals surface area contributed by atoms with E-state index in [0.29, 0.717) is 59.5 Å². The third kappa shape index (κ3) is 38.3. The lowest BCUT2D eigenvalue weighted by molar-refractivity contribution is -0.275. The first-order valence-corrected chi connectivity index (χ1v) is 47.1. The topological polar surface area (TPSA) is 151 Å². The summed E-state index contributed by atoms with van der Waals surface area (Å²) in [6, 6.07) is 64.9. The molecular weight excluding hydrogens is 1670 g/mol. The van der Waals surface area contributed by atoms with E-state index in [0.717, 1.165) is 72.2 Å². The average molecular weight is 1820 g/mol. The van der Waals surface area contributed by atoms with Gasteiger partial charge in [-0.3, -0.25) is 23.8 Å². The fourth-order valence-corrected chi connectivity index (χ4v) is 15.9. The van der Waals surface area contributed by atoms with Crippen molar-refractivity contribution >= 4 is 28.5 Å². The van der Waals surface area contributed by atoms with Crippen molar-refractivity contribution in [3.8, 4) is 16.6 Å². The number of nitrogens with one attached hydrogen (secondary N) is 2. The highest BCUT2D eigenvalue weighted by molar-refractivity contribution is 7.12. The van der Waals surface area contributed by atoms with Crippen LogP contribution < -0.4 is 36.1 Å². The normalized spacial score (nSPS) is 11.7. The zero-order chi connectivity index (χ0) is 95.6. The number of pyridine rings is 4. The van der Waals surface area contributed by atoms with Gasteiger partial charge in [0.25, 0.3) is 11.1 Å². The van der Waals surface area contributed by atoms with E-state index < -0.39 is 12.3 Å². The fourth-order valence-electron chi connectivity index (χ4n) is 13.8. The van der Waals surface area contributed by atoms with Crippen LogP contribution in [-0.2, 0) is 39.1 Å². The molecule has 1 aliphatic rings. The van der Waals surface area contributed by atoms with Crippen molar-refractivity contribution < 1.29 is 31.4 Å². The fraction of sp³-hybridized carbons (Fsp3) is 0.407. The summed E-state index contributed by atoms with van der Waals surface area (Å²) in [6.07, 6.45) is 11.0. The van der Waals surface area contributed by atoms with E-state index in [9.17, 15) is 31.5 Å². The molecule has 1 saturated heterocycles. The Hall–Kier alpha value is -10.9. The molecule has 0 atom stereocenters. The van der Waals surface area contributed by atoms with Crippen molar-refractivity contribution in [3.05, 3.63) is 363 Å². The van der Waals surface area contributed by atoms with Gasteiger partial charge in [0.2, 0.25) is 11.8 Å². The van der Waals surface area contributed by atoms with Crippen molar-refractivity contribution in [2.24, 2.45) is 0 Å². The molecular formula is C108H142F5N11O4S2. The number of ether oxygens (including phenoxy) is 2. The van der Waals surface area contributed by atoms with Gasteiger partial charge in [0, 0.05) is 92.4 Å². The number of halogens is 5. The van der Waals surface area contributed by atoms with Gasteiger partial charge in [-0.25, -0.2) is 18.4 Å². The summed E-state index contributed by atoms with van der Waals surface area (Å²) in [5, 5.41) is 20.1. The number of aryl methyl sites for hydroxylation is 1. The molecule has 0 unspecified atom stereocenters. The predicted molar refractivity (Wildman–Crippen MR) is 533 cm³/mol. The molecule has 0 bridgehead atoms. The summed E-state index contributed by atoms with van der Waals surface area (Å²) >= 11 is 3.33. The molecule has 15 nitrogen and oxygen atoms in total. The molecule has 8 aromatic heterocycles. The van der Waals surface area contributed by atoms with Crippen molar-refractivity contribution in [1.82, 2.24) is 49.3 Å². The highest BCUT2D eigenvalue weighted by Crippen LogP contribution is 2.33. The molecule has 0 amide bonds. The van der Waals surface area contributed by atoms with E-state index in [1.54, 1.807) is 87.6 Å². The smallest absolute Gasteiger partial charge is 0.481 e. The van der Waals surface area contributed by atoms with Crippen LogP contribution in [0.5, 0.6) is 11.6 Å². The van der Waals surface area contributed by atoms with Crippen LogP contribution in [0.15, 0.2) is 264 Å². The minimum Gasteiger partial charge on any atom is -0.481 e. The summed E-state index contributed by atoms with van der Waals surface area (Å²) < 4.78 is 78.1. The van der Waals surface area contributed by atoms with Crippen LogP contribution >= 0.6 is 22.7 Å². The van der Waals surface area contributed by atoms with Crippen molar-refractivity contribution in [2.75, 3.05) is 39.2 Å². The Kier molecular flexibility index (Phi) is 45.9. The third-order valence-electron chi connectivity index (χ3n) is 21.3. The maximum Gasteiger partial charge on any atom is 0.573 e. The Morgan fingerprint density at radius 2 is 0.962 bits per heavy atom. The SMILES string of the molecule is CC(C)c1ccc(Cn2cccn2)cc1.CC(C)c1ccc(N2CCCC2)nc1.CC(C)c1ccccc1CC(C)(F)F.CC(C)c1ccccc1OC(F)(F)F.CC(C)c1csc(-n2ccccc2=O)c1.CC(C)c1csc(Cn2ccccc2=O)c1.CNCc1cc(C(C)C)ccn1.CNCc1ccccc1C(C)C.COc1c(C)cnn1Cc1ccc(C(C)C)cc1. The number of para-hydroxylation sites is 1. The number of rotatable bonds is 25. The Balaban J connectivity index is 0.000000226. The van der Waals surface area contributed by atoms with Crippen LogP contribution in [0.3, 0.4) is 0 Å². The molecule has 22 heteroatoms. The van der Waals surface area contributed by atoms with Gasteiger partial charge >= 0.3 is 6.36 Å². The molecule has 0 radical (unpaired) electrons. The number of benzene rings is 5. The summed E-state index contributed by atoms with van der Waals surface area (Å²) in [5.41, 5.74) is 18.1. The minimum absolute atomic E-state index is 0.00792. The molecule has 1 fully saturated rings. The van der Waals surface area contributed by atoms with Crippen molar-refractivity contribution in [2.45, 2.75) is 256 Å². The van der Waals surface area contributed by atoms with Crippen LogP contribution in [0.4, 0.5) is 27.8 Å². The number of alkyl halides is 5. The van der Waals surface area contributed by atoms with Gasteiger partial charge in [0.1, 0.15) is 16.6 Å². The van der Waals surface area contributed by atoms with Crippen LogP contribution in [0.2, 0.25) is 0 Å². The van der Waals surface area contributed by atoms with E-state index in [1.165, 1.54) is 98.6 Å². The molecule has 130 heavy (non-hydrogen) atoms. The lowest BCUT2D eigenvalue weighted by atomic mass is 9.94. The van der Waals surface area contributed by atoms with Crippen LogP contribution in [-0.4, -0.2) is 85.2 Å². The lowest BCUT2D eigenvalue weighted by Gasteiger charge is -2.16. The zero-order valence-electron chi connectivity index (χ0n) is 80.9. The van der Waals surface area contributed by atoms with Crippen LogP contribution in [0.25, 0.3) is 5.00 Å². The largest absolute Gasteiger partial charge is 0.573 e. The second-order valence-electron chi connectivity index (χ2n) is 35.2. The Bertz CT molecular complexity index is 5380. The molecule has 0 saturated carbocycles. The Morgan fingerprint density at radius 1 is 0.454 bits per heavy atom. The molecule has 700 valence electrons. The highest BCUT2D eigenvalue weighted by atomic mass is 32.1. The second-order valence-corrected chi connectivity index (χ2v) is 37.1. The van der Waals surface area contributed by atoms with Gasteiger partial charge < -0.3 is 29.6 Å². The van der Waals surface area contributed by atoms with Gasteiger partial charge in [-0.2, -0.15) is 10.2 Å². The van der Waals surface area contributed by atoms with Crippen molar-refractivity contribution in [3.63, 3.8) is 0 Å². The van der Waals surface area contributed by atoms with E-state index in [1.807, 2.05) is 132 Å². The van der Waals surface area contributed by atoms with E-state index in [4.69, 9.17) is 4.74 Å². The summed E-state index contributed by atoms with van der Waals surface area (Å²) in [6.45, 7) is 47.8. The number of methoxy groups -OCH3 is 1. The summed E-state index contributed by atoms with van der Waals surface area (Å²) in [5.74, 6) is 3.57. The Morgan fingerprint density at radius 3 is 1.45 bits per heavy atom. The summed E-state index contributed by atoms with van der Waals surface area (Å²) in [7, 11) is 5.60. The first-order chi connectivity index (χ1) is 61.8. The molecule has 0 spiro atoms. The average Bonchev–Trinajstić information content (AvgIpc) is 1.77. The minimum atomic E-state index is -4.62.